The minimum Gasteiger partial charge on any atom is -0.350 e. The van der Waals surface area contributed by atoms with Crippen LogP contribution in [0.4, 0.5) is 11.6 Å². The number of hydrogen-bond acceptors (Lipinski definition) is 6. The van der Waals surface area contributed by atoms with Crippen molar-refractivity contribution < 1.29 is 9.59 Å². The molecule has 3 N–H and O–H groups in total. The van der Waals surface area contributed by atoms with Gasteiger partial charge in [-0.3, -0.25) is 9.59 Å². The Hall–Kier alpha value is -3.00. The number of carbonyl (C=O) groups excluding carboxylic acids is 2. The molecule has 2 bridgehead atoms. The van der Waals surface area contributed by atoms with E-state index < -0.39 is 0 Å². The first kappa shape index (κ1) is 19.9. The number of anilines is 2. The van der Waals surface area contributed by atoms with E-state index in [9.17, 15) is 9.59 Å². The van der Waals surface area contributed by atoms with Gasteiger partial charge in [0.2, 0.25) is 11.9 Å². The normalized spacial score (nSPS) is 27.4. The van der Waals surface area contributed by atoms with E-state index in [1.807, 2.05) is 30.3 Å². The summed E-state index contributed by atoms with van der Waals surface area (Å²) >= 11 is 0. The molecule has 0 aliphatic carbocycles. The lowest BCUT2D eigenvalue weighted by atomic mass is 9.72. The Kier molecular flexibility index (Phi) is 5.55. The maximum atomic E-state index is 12.7. The molecule has 1 aromatic heterocycles. The second-order valence-corrected chi connectivity index (χ2v) is 8.74. The van der Waals surface area contributed by atoms with Gasteiger partial charge in [-0.2, -0.15) is 0 Å². The number of piperidine rings is 3. The molecule has 31 heavy (non-hydrogen) atoms. The number of nitrogens with one attached hydrogen (secondary N) is 3. The summed E-state index contributed by atoms with van der Waals surface area (Å²) in [5.74, 6) is 1.39. The predicted octanol–water partition coefficient (Wildman–Crippen LogP) is 1.94. The summed E-state index contributed by atoms with van der Waals surface area (Å²) in [6.07, 6.45) is 6.85. The smallest absolute Gasteiger partial charge is 0.254 e. The first-order chi connectivity index (χ1) is 15.2. The number of hydrogen-bond donors (Lipinski definition) is 3. The van der Waals surface area contributed by atoms with Crippen molar-refractivity contribution in [3.8, 4) is 0 Å². The highest BCUT2D eigenvalue weighted by Crippen LogP contribution is 2.39. The molecule has 2 aromatic rings. The molecular weight excluding hydrogens is 392 g/mol. The van der Waals surface area contributed by atoms with Crippen molar-refractivity contribution in [2.45, 2.75) is 37.8 Å². The molecule has 0 saturated carbocycles. The molecule has 1 aromatic carbocycles. The van der Waals surface area contributed by atoms with Gasteiger partial charge < -0.3 is 20.9 Å². The van der Waals surface area contributed by atoms with Crippen LogP contribution in [0, 0.1) is 11.8 Å². The molecule has 8 nitrogen and oxygen atoms in total. The number of aromatic nitrogens is 2. The minimum absolute atomic E-state index is 0.0470. The van der Waals surface area contributed by atoms with Crippen LogP contribution in [0.3, 0.4) is 0 Å². The molecule has 3 aliphatic rings. The summed E-state index contributed by atoms with van der Waals surface area (Å²) < 4.78 is 0. The van der Waals surface area contributed by atoms with Crippen molar-refractivity contribution in [1.29, 1.82) is 0 Å². The summed E-state index contributed by atoms with van der Waals surface area (Å²) in [6.45, 7) is 2.35. The summed E-state index contributed by atoms with van der Waals surface area (Å²) in [4.78, 5) is 36.1. The molecule has 3 saturated heterocycles. The Morgan fingerprint density at radius 2 is 1.90 bits per heavy atom. The third-order valence-electron chi connectivity index (χ3n) is 6.82. The lowest BCUT2D eigenvalue weighted by Crippen LogP contribution is -2.66. The van der Waals surface area contributed by atoms with Crippen LogP contribution in [0.1, 0.15) is 36.0 Å². The second-order valence-electron chi connectivity index (χ2n) is 8.74. The molecule has 2 amide bonds. The first-order valence-electron chi connectivity index (χ1n) is 11.1. The molecule has 162 valence electrons. The fourth-order valence-corrected chi connectivity index (χ4v) is 5.36. The van der Waals surface area contributed by atoms with Gasteiger partial charge in [-0.25, -0.2) is 9.97 Å². The van der Waals surface area contributed by atoms with Crippen molar-refractivity contribution in [2.75, 3.05) is 25.0 Å². The van der Waals surface area contributed by atoms with Crippen molar-refractivity contribution in [1.82, 2.24) is 25.5 Å². The zero-order valence-electron chi connectivity index (χ0n) is 17.5. The van der Waals surface area contributed by atoms with E-state index in [2.05, 4.69) is 30.8 Å². The van der Waals surface area contributed by atoms with Crippen molar-refractivity contribution in [3.63, 3.8) is 0 Å². The fourth-order valence-electron chi connectivity index (χ4n) is 5.36. The van der Waals surface area contributed by atoms with Crippen LogP contribution < -0.4 is 16.0 Å². The standard InChI is InChI=1S/C23H28N6O2/c30-21-8-4-7-19-15-9-16(11-24-10-15)20(29(19)21)14-25-22(31)17-12-26-23(27-13-17)28-18-5-2-1-3-6-18/h1-3,5-6,12-13,15-16,19-20,24H,4,7-11,14H2,(H,25,31)(H,26,27,28)/t15-,16+,19+,20+/m1/s1. The summed E-state index contributed by atoms with van der Waals surface area (Å²) in [6, 6.07) is 10.00. The zero-order chi connectivity index (χ0) is 21.2. The number of nitrogens with zero attached hydrogens (tertiary/aromatic N) is 3. The Morgan fingerprint density at radius 1 is 1.13 bits per heavy atom. The van der Waals surface area contributed by atoms with Crippen molar-refractivity contribution >= 4 is 23.5 Å². The number of benzene rings is 1. The van der Waals surface area contributed by atoms with E-state index in [-0.39, 0.29) is 17.9 Å². The van der Waals surface area contributed by atoms with E-state index in [1.165, 1.54) is 12.4 Å². The molecule has 0 spiro atoms. The minimum atomic E-state index is -0.210. The highest BCUT2D eigenvalue weighted by Gasteiger charge is 2.47. The molecule has 5 rings (SSSR count). The topological polar surface area (TPSA) is 99.3 Å². The number of fused-ring (bicyclic) bond motifs is 4. The SMILES string of the molecule is O=C(NC[C@H]1[C@@H]2CNC[C@@H](C2)[C@@H]2CCCC(=O)N21)c1cnc(Nc2ccccc2)nc1. The van der Waals surface area contributed by atoms with Crippen LogP contribution in [-0.2, 0) is 4.79 Å². The summed E-state index contributed by atoms with van der Waals surface area (Å²) in [5, 5.41) is 9.67. The lowest BCUT2D eigenvalue weighted by molar-refractivity contribution is -0.148. The van der Waals surface area contributed by atoms with Crippen LogP contribution in [0.25, 0.3) is 0 Å². The van der Waals surface area contributed by atoms with Gasteiger partial charge in [0, 0.05) is 43.6 Å². The summed E-state index contributed by atoms with van der Waals surface area (Å²) in [5.41, 5.74) is 1.30. The predicted molar refractivity (Wildman–Crippen MR) is 117 cm³/mol. The Balaban J connectivity index is 1.23. The summed E-state index contributed by atoms with van der Waals surface area (Å²) in [7, 11) is 0. The Bertz CT molecular complexity index is 935. The maximum Gasteiger partial charge on any atom is 0.254 e. The van der Waals surface area contributed by atoms with Gasteiger partial charge in [0.05, 0.1) is 11.6 Å². The monoisotopic (exact) mass is 420 g/mol. The Labute approximate surface area is 181 Å². The van der Waals surface area contributed by atoms with Crippen molar-refractivity contribution in [2.24, 2.45) is 11.8 Å². The van der Waals surface area contributed by atoms with Crippen LogP contribution in [0.2, 0.25) is 0 Å². The molecular formula is C23H28N6O2. The maximum absolute atomic E-state index is 12.7. The average Bonchev–Trinajstić information content (AvgIpc) is 2.81. The largest absolute Gasteiger partial charge is 0.350 e. The van der Waals surface area contributed by atoms with E-state index in [0.717, 1.165) is 38.0 Å². The molecule has 3 aliphatic heterocycles. The highest BCUT2D eigenvalue weighted by atomic mass is 16.2. The van der Waals surface area contributed by atoms with Crippen LogP contribution in [-0.4, -0.2) is 58.4 Å². The van der Waals surface area contributed by atoms with Gasteiger partial charge in [0.15, 0.2) is 0 Å². The number of rotatable bonds is 5. The number of amides is 2. The average molecular weight is 421 g/mol. The van der Waals surface area contributed by atoms with Gasteiger partial charge in [-0.05, 0) is 49.8 Å². The molecule has 0 radical (unpaired) electrons. The third kappa shape index (κ3) is 4.12. The molecule has 3 fully saturated rings. The molecule has 0 unspecified atom stereocenters. The van der Waals surface area contributed by atoms with E-state index in [0.29, 0.717) is 42.4 Å². The molecule has 4 atom stereocenters. The molecule has 4 heterocycles. The van der Waals surface area contributed by atoms with E-state index >= 15 is 0 Å². The fraction of sp³-hybridized carbons (Fsp3) is 0.478. The number of carbonyl (C=O) groups is 2. The van der Waals surface area contributed by atoms with Gasteiger partial charge in [0.25, 0.3) is 5.91 Å². The van der Waals surface area contributed by atoms with Crippen molar-refractivity contribution in [3.05, 3.63) is 48.3 Å². The Morgan fingerprint density at radius 3 is 2.71 bits per heavy atom. The van der Waals surface area contributed by atoms with Crippen LogP contribution in [0.5, 0.6) is 0 Å². The second kappa shape index (κ2) is 8.63. The quantitative estimate of drug-likeness (QED) is 0.684. The van der Waals surface area contributed by atoms with Gasteiger partial charge in [0.1, 0.15) is 0 Å². The van der Waals surface area contributed by atoms with E-state index in [4.69, 9.17) is 0 Å². The van der Waals surface area contributed by atoms with Gasteiger partial charge >= 0.3 is 0 Å². The zero-order valence-corrected chi connectivity index (χ0v) is 17.5. The van der Waals surface area contributed by atoms with Gasteiger partial charge in [-0.1, -0.05) is 18.2 Å². The first-order valence-corrected chi connectivity index (χ1v) is 11.1. The van der Waals surface area contributed by atoms with E-state index in [1.54, 1.807) is 0 Å². The molecule has 8 heteroatoms. The van der Waals surface area contributed by atoms with Crippen LogP contribution in [0.15, 0.2) is 42.7 Å². The number of para-hydroxylation sites is 1. The third-order valence-corrected chi connectivity index (χ3v) is 6.82. The van der Waals surface area contributed by atoms with Gasteiger partial charge in [-0.15, -0.1) is 0 Å². The van der Waals surface area contributed by atoms with Crippen LogP contribution >= 0.6 is 0 Å². The highest BCUT2D eigenvalue weighted by molar-refractivity contribution is 5.93. The lowest BCUT2D eigenvalue weighted by Gasteiger charge is -2.54.